The van der Waals surface area contributed by atoms with Gasteiger partial charge in [0.25, 0.3) is 0 Å². The van der Waals surface area contributed by atoms with Gasteiger partial charge in [0.2, 0.25) is 0 Å². The molecule has 4 heteroatoms. The Morgan fingerprint density at radius 3 is 2.60 bits per heavy atom. The van der Waals surface area contributed by atoms with E-state index < -0.39 is 0 Å². The fourth-order valence-corrected chi connectivity index (χ4v) is 1.22. The number of rotatable bonds is 1. The molecular formula is C11H8N4. The van der Waals surface area contributed by atoms with Crippen LogP contribution in [0.15, 0.2) is 36.5 Å². The number of nitrogens with zero attached hydrogens (tertiary/aromatic N) is 3. The lowest BCUT2D eigenvalue weighted by Gasteiger charge is -1.98. The number of aromatic nitrogens is 2. The average Bonchev–Trinajstić information content (AvgIpc) is 2.31. The minimum absolute atomic E-state index is 0.149. The van der Waals surface area contributed by atoms with Crippen molar-refractivity contribution in [1.29, 1.82) is 0 Å². The summed E-state index contributed by atoms with van der Waals surface area (Å²) in [5, 5.41) is 0. The SMILES string of the molecule is [C-]#[N+]c1nc(-c2ccccc2)cnc1N. The summed E-state index contributed by atoms with van der Waals surface area (Å²) < 4.78 is 0. The van der Waals surface area contributed by atoms with Gasteiger partial charge in [0.1, 0.15) is 5.82 Å². The first-order valence-electron chi connectivity index (χ1n) is 4.36. The molecule has 0 bridgehead atoms. The zero-order chi connectivity index (χ0) is 10.7. The quantitative estimate of drug-likeness (QED) is 0.712. The van der Waals surface area contributed by atoms with Crippen molar-refractivity contribution in [3.05, 3.63) is 47.9 Å². The number of benzene rings is 1. The summed E-state index contributed by atoms with van der Waals surface area (Å²) in [6.07, 6.45) is 1.57. The highest BCUT2D eigenvalue weighted by Gasteiger charge is 2.07. The zero-order valence-corrected chi connectivity index (χ0v) is 7.88. The van der Waals surface area contributed by atoms with Crippen LogP contribution < -0.4 is 5.73 Å². The molecule has 1 aromatic heterocycles. The maximum Gasteiger partial charge on any atom is 0.312 e. The lowest BCUT2D eigenvalue weighted by molar-refractivity contribution is 1.23. The van der Waals surface area contributed by atoms with Gasteiger partial charge in [-0.3, -0.25) is 0 Å². The summed E-state index contributed by atoms with van der Waals surface area (Å²) >= 11 is 0. The molecule has 1 aromatic carbocycles. The first-order chi connectivity index (χ1) is 7.31. The summed E-state index contributed by atoms with van der Waals surface area (Å²) in [5.41, 5.74) is 7.08. The molecule has 0 saturated heterocycles. The molecule has 0 aliphatic carbocycles. The Kier molecular flexibility index (Phi) is 2.30. The van der Waals surface area contributed by atoms with Gasteiger partial charge in [0.05, 0.1) is 6.20 Å². The van der Waals surface area contributed by atoms with E-state index in [-0.39, 0.29) is 11.6 Å². The maximum atomic E-state index is 6.89. The minimum atomic E-state index is 0.149. The predicted molar refractivity (Wildman–Crippen MR) is 58.1 cm³/mol. The normalized spacial score (nSPS) is 9.53. The van der Waals surface area contributed by atoms with Crippen LogP contribution in [-0.2, 0) is 0 Å². The topological polar surface area (TPSA) is 56.2 Å². The fourth-order valence-electron chi connectivity index (χ4n) is 1.22. The Morgan fingerprint density at radius 1 is 1.20 bits per heavy atom. The second kappa shape index (κ2) is 3.76. The van der Waals surface area contributed by atoms with E-state index >= 15 is 0 Å². The molecule has 0 radical (unpaired) electrons. The van der Waals surface area contributed by atoms with E-state index in [0.29, 0.717) is 5.69 Å². The summed E-state index contributed by atoms with van der Waals surface area (Å²) in [4.78, 5) is 11.3. The molecular weight excluding hydrogens is 188 g/mol. The molecule has 0 unspecified atom stereocenters. The van der Waals surface area contributed by atoms with Gasteiger partial charge >= 0.3 is 5.82 Å². The van der Waals surface area contributed by atoms with Crippen LogP contribution in [0.25, 0.3) is 16.1 Å². The van der Waals surface area contributed by atoms with Crippen molar-refractivity contribution in [2.75, 3.05) is 5.73 Å². The van der Waals surface area contributed by atoms with E-state index in [2.05, 4.69) is 14.8 Å². The monoisotopic (exact) mass is 196 g/mol. The predicted octanol–water partition coefficient (Wildman–Crippen LogP) is 2.28. The number of nitrogen functional groups attached to an aromatic ring is 1. The van der Waals surface area contributed by atoms with Gasteiger partial charge in [0.15, 0.2) is 5.69 Å². The van der Waals surface area contributed by atoms with Crippen molar-refractivity contribution in [2.24, 2.45) is 0 Å². The van der Waals surface area contributed by atoms with E-state index in [1.54, 1.807) is 6.20 Å². The molecule has 0 aliphatic heterocycles. The van der Waals surface area contributed by atoms with Crippen LogP contribution in [0.5, 0.6) is 0 Å². The van der Waals surface area contributed by atoms with Gasteiger partial charge in [0, 0.05) is 5.56 Å². The van der Waals surface area contributed by atoms with Crippen LogP contribution >= 0.6 is 0 Å². The fraction of sp³-hybridized carbons (Fsp3) is 0. The first kappa shape index (κ1) is 9.16. The maximum absolute atomic E-state index is 6.89. The third-order valence-corrected chi connectivity index (χ3v) is 1.96. The molecule has 2 N–H and O–H groups in total. The second-order valence-corrected chi connectivity index (χ2v) is 2.94. The minimum Gasteiger partial charge on any atom is -0.391 e. The summed E-state index contributed by atoms with van der Waals surface area (Å²) in [7, 11) is 0. The van der Waals surface area contributed by atoms with Crippen molar-refractivity contribution in [3.8, 4) is 11.3 Å². The van der Waals surface area contributed by atoms with E-state index in [4.69, 9.17) is 12.3 Å². The third kappa shape index (κ3) is 1.76. The van der Waals surface area contributed by atoms with Gasteiger partial charge in [-0.2, -0.15) is 0 Å². The first-order valence-corrected chi connectivity index (χ1v) is 4.36. The highest BCUT2D eigenvalue weighted by atomic mass is 15.0. The molecule has 0 saturated carbocycles. The van der Waals surface area contributed by atoms with Crippen LogP contribution in [0, 0.1) is 6.57 Å². The Hall–Kier alpha value is -2.41. The molecule has 2 rings (SSSR count). The van der Waals surface area contributed by atoms with Crippen molar-refractivity contribution in [1.82, 2.24) is 9.97 Å². The number of hydrogen-bond acceptors (Lipinski definition) is 3. The van der Waals surface area contributed by atoms with Crippen LogP contribution in [0.1, 0.15) is 0 Å². The molecule has 4 nitrogen and oxygen atoms in total. The average molecular weight is 196 g/mol. The van der Waals surface area contributed by atoms with E-state index in [1.807, 2.05) is 30.3 Å². The summed E-state index contributed by atoms with van der Waals surface area (Å²) in [6.45, 7) is 6.89. The smallest absolute Gasteiger partial charge is 0.312 e. The van der Waals surface area contributed by atoms with Crippen LogP contribution in [0.3, 0.4) is 0 Å². The summed E-state index contributed by atoms with van der Waals surface area (Å²) in [6, 6.07) is 9.56. The van der Waals surface area contributed by atoms with Gasteiger partial charge in [-0.05, 0) is 0 Å². The second-order valence-electron chi connectivity index (χ2n) is 2.94. The molecule has 0 fully saturated rings. The summed E-state index contributed by atoms with van der Waals surface area (Å²) in [5.74, 6) is 0.320. The van der Waals surface area contributed by atoms with Crippen LogP contribution in [0.2, 0.25) is 0 Å². The lowest BCUT2D eigenvalue weighted by Crippen LogP contribution is -1.93. The Labute approximate surface area is 87.2 Å². The number of hydrogen-bond donors (Lipinski definition) is 1. The van der Waals surface area contributed by atoms with Crippen molar-refractivity contribution in [2.45, 2.75) is 0 Å². The Morgan fingerprint density at radius 2 is 1.93 bits per heavy atom. The van der Waals surface area contributed by atoms with Crippen molar-refractivity contribution >= 4 is 11.6 Å². The molecule has 0 aliphatic rings. The van der Waals surface area contributed by atoms with Gasteiger partial charge in [-0.15, -0.1) is 4.98 Å². The lowest BCUT2D eigenvalue weighted by atomic mass is 10.2. The van der Waals surface area contributed by atoms with Crippen molar-refractivity contribution in [3.63, 3.8) is 0 Å². The van der Waals surface area contributed by atoms with Crippen LogP contribution in [-0.4, -0.2) is 9.97 Å². The van der Waals surface area contributed by atoms with Gasteiger partial charge in [-0.25, -0.2) is 4.98 Å². The van der Waals surface area contributed by atoms with Gasteiger partial charge < -0.3 is 10.6 Å². The van der Waals surface area contributed by atoms with E-state index in [0.717, 1.165) is 5.56 Å². The molecule has 1 heterocycles. The van der Waals surface area contributed by atoms with E-state index in [1.165, 1.54) is 0 Å². The van der Waals surface area contributed by atoms with Gasteiger partial charge in [-0.1, -0.05) is 36.9 Å². The molecule has 0 atom stereocenters. The van der Waals surface area contributed by atoms with E-state index in [9.17, 15) is 0 Å². The molecule has 72 valence electrons. The number of anilines is 1. The molecule has 0 spiro atoms. The highest BCUT2D eigenvalue weighted by molar-refractivity contribution is 5.65. The third-order valence-electron chi connectivity index (χ3n) is 1.96. The van der Waals surface area contributed by atoms with Crippen molar-refractivity contribution < 1.29 is 0 Å². The Balaban J connectivity index is 2.52. The Bertz CT molecular complexity index is 514. The molecule has 15 heavy (non-hydrogen) atoms. The number of nitrogens with two attached hydrogens (primary N) is 1. The molecule has 2 aromatic rings. The standard InChI is InChI=1S/C11H8N4/c1-13-11-10(12)14-7-9(15-11)8-5-3-2-4-6-8/h2-7H,(H2,12,14). The zero-order valence-electron chi connectivity index (χ0n) is 7.88. The largest absolute Gasteiger partial charge is 0.391 e. The highest BCUT2D eigenvalue weighted by Crippen LogP contribution is 2.22. The van der Waals surface area contributed by atoms with Crippen LogP contribution in [0.4, 0.5) is 11.6 Å². The molecule has 0 amide bonds.